The second-order valence-corrected chi connectivity index (χ2v) is 4.26. The molecule has 0 atom stereocenters. The van der Waals surface area contributed by atoms with Crippen molar-refractivity contribution in [2.75, 3.05) is 0 Å². The number of benzene rings is 1. The van der Waals surface area contributed by atoms with Crippen LogP contribution in [0.15, 0.2) is 24.3 Å². The van der Waals surface area contributed by atoms with Gasteiger partial charge in [0.2, 0.25) is 5.91 Å². The first-order valence-electron chi connectivity index (χ1n) is 4.57. The SMILES string of the molecule is Cn1nc(-c2ccc(C(N)=O)cc2)sc1=N. The first-order chi connectivity index (χ1) is 7.58. The van der Waals surface area contributed by atoms with Crippen molar-refractivity contribution in [3.05, 3.63) is 34.6 Å². The predicted molar refractivity (Wildman–Crippen MR) is 60.9 cm³/mol. The molecule has 0 unspecified atom stereocenters. The number of rotatable bonds is 2. The third-order valence-electron chi connectivity index (χ3n) is 2.14. The van der Waals surface area contributed by atoms with Gasteiger partial charge in [-0.25, -0.2) is 4.68 Å². The first-order valence-corrected chi connectivity index (χ1v) is 5.38. The number of nitrogens with one attached hydrogen (secondary N) is 1. The molecule has 1 amide bonds. The van der Waals surface area contributed by atoms with E-state index in [0.29, 0.717) is 10.4 Å². The Balaban J connectivity index is 2.42. The molecule has 6 heteroatoms. The molecular formula is C10H10N4OS. The van der Waals surface area contributed by atoms with E-state index < -0.39 is 5.91 Å². The molecule has 1 aromatic carbocycles. The van der Waals surface area contributed by atoms with E-state index in [1.54, 1.807) is 31.3 Å². The smallest absolute Gasteiger partial charge is 0.248 e. The molecule has 5 nitrogen and oxygen atoms in total. The maximum absolute atomic E-state index is 10.9. The number of aromatic nitrogens is 2. The minimum atomic E-state index is -0.447. The van der Waals surface area contributed by atoms with Gasteiger partial charge in [0.05, 0.1) is 0 Å². The van der Waals surface area contributed by atoms with E-state index in [1.807, 2.05) is 0 Å². The highest BCUT2D eigenvalue weighted by atomic mass is 32.1. The monoisotopic (exact) mass is 234 g/mol. The van der Waals surface area contributed by atoms with Gasteiger partial charge < -0.3 is 5.73 Å². The third kappa shape index (κ3) is 1.87. The molecule has 0 aliphatic carbocycles. The Hall–Kier alpha value is -1.95. The van der Waals surface area contributed by atoms with E-state index in [-0.39, 0.29) is 0 Å². The van der Waals surface area contributed by atoms with Crippen LogP contribution < -0.4 is 10.5 Å². The van der Waals surface area contributed by atoms with E-state index in [1.165, 1.54) is 16.0 Å². The summed E-state index contributed by atoms with van der Waals surface area (Å²) < 4.78 is 1.50. The van der Waals surface area contributed by atoms with Gasteiger partial charge in [-0.05, 0) is 12.1 Å². The number of nitrogens with zero attached hydrogens (tertiary/aromatic N) is 2. The lowest BCUT2D eigenvalue weighted by Crippen LogP contribution is -2.10. The van der Waals surface area contributed by atoms with Gasteiger partial charge in [-0.2, -0.15) is 5.10 Å². The second kappa shape index (κ2) is 3.90. The van der Waals surface area contributed by atoms with Crippen molar-refractivity contribution >= 4 is 17.2 Å². The summed E-state index contributed by atoms with van der Waals surface area (Å²) in [6.45, 7) is 0. The van der Waals surface area contributed by atoms with Crippen LogP contribution in [-0.2, 0) is 7.05 Å². The lowest BCUT2D eigenvalue weighted by atomic mass is 10.1. The summed E-state index contributed by atoms with van der Waals surface area (Å²) in [4.78, 5) is 11.3. The summed E-state index contributed by atoms with van der Waals surface area (Å²) in [5.74, 6) is -0.447. The van der Waals surface area contributed by atoms with Crippen LogP contribution in [0.2, 0.25) is 0 Å². The molecule has 82 valence electrons. The number of carbonyl (C=O) groups is 1. The van der Waals surface area contributed by atoms with Gasteiger partial charge in [-0.15, -0.1) is 0 Å². The number of aryl methyl sites for hydroxylation is 1. The normalized spacial score (nSPS) is 10.3. The molecule has 0 bridgehead atoms. The van der Waals surface area contributed by atoms with Crippen molar-refractivity contribution in [3.8, 4) is 10.6 Å². The molecular weight excluding hydrogens is 224 g/mol. The first kappa shape index (κ1) is 10.6. The van der Waals surface area contributed by atoms with Crippen LogP contribution in [0.5, 0.6) is 0 Å². The number of amides is 1. The highest BCUT2D eigenvalue weighted by Crippen LogP contribution is 2.19. The molecule has 0 saturated carbocycles. The molecule has 2 aromatic rings. The average Bonchev–Trinajstić information content (AvgIpc) is 2.59. The standard InChI is InChI=1S/C10H10N4OS/c1-14-10(12)16-9(13-14)7-4-2-6(3-5-7)8(11)15/h2-5,12H,1H3,(H2,11,15). The Kier molecular flexibility index (Phi) is 2.57. The minimum absolute atomic E-state index is 0.383. The van der Waals surface area contributed by atoms with Gasteiger partial charge in [0, 0.05) is 18.2 Å². The highest BCUT2D eigenvalue weighted by Gasteiger charge is 2.05. The number of carbonyl (C=O) groups excluding carboxylic acids is 1. The maximum atomic E-state index is 10.9. The molecule has 1 aromatic heterocycles. The van der Waals surface area contributed by atoms with Gasteiger partial charge in [0.1, 0.15) is 5.01 Å². The summed E-state index contributed by atoms with van der Waals surface area (Å²) in [5.41, 5.74) is 6.49. The van der Waals surface area contributed by atoms with E-state index in [0.717, 1.165) is 10.6 Å². The Morgan fingerprint density at radius 3 is 2.50 bits per heavy atom. The molecule has 2 rings (SSSR count). The zero-order valence-electron chi connectivity index (χ0n) is 8.60. The topological polar surface area (TPSA) is 84.8 Å². The fourth-order valence-electron chi connectivity index (χ4n) is 1.25. The summed E-state index contributed by atoms with van der Waals surface area (Å²) in [6, 6.07) is 6.86. The average molecular weight is 234 g/mol. The molecule has 0 saturated heterocycles. The molecule has 0 radical (unpaired) electrons. The number of nitrogens with two attached hydrogens (primary N) is 1. The van der Waals surface area contributed by atoms with E-state index >= 15 is 0 Å². The van der Waals surface area contributed by atoms with Gasteiger partial charge in [-0.1, -0.05) is 23.5 Å². The molecule has 0 fully saturated rings. The summed E-state index contributed by atoms with van der Waals surface area (Å²) in [7, 11) is 1.72. The van der Waals surface area contributed by atoms with E-state index in [9.17, 15) is 4.79 Å². The largest absolute Gasteiger partial charge is 0.366 e. The van der Waals surface area contributed by atoms with Crippen molar-refractivity contribution in [2.24, 2.45) is 12.8 Å². The van der Waals surface area contributed by atoms with Crippen LogP contribution >= 0.6 is 11.3 Å². The second-order valence-electron chi connectivity index (χ2n) is 3.28. The lowest BCUT2D eigenvalue weighted by molar-refractivity contribution is 0.100. The van der Waals surface area contributed by atoms with Crippen LogP contribution in [0.25, 0.3) is 10.6 Å². The summed E-state index contributed by atoms with van der Waals surface area (Å²) >= 11 is 1.28. The zero-order valence-corrected chi connectivity index (χ0v) is 9.41. The Labute approximate surface area is 95.7 Å². The predicted octanol–water partition coefficient (Wildman–Crippen LogP) is 0.727. The molecule has 0 aliphatic rings. The van der Waals surface area contributed by atoms with Gasteiger partial charge in [0.25, 0.3) is 0 Å². The molecule has 0 spiro atoms. The van der Waals surface area contributed by atoms with Gasteiger partial charge >= 0.3 is 0 Å². The minimum Gasteiger partial charge on any atom is -0.366 e. The molecule has 3 N–H and O–H groups in total. The maximum Gasteiger partial charge on any atom is 0.248 e. The Morgan fingerprint density at radius 1 is 1.44 bits per heavy atom. The van der Waals surface area contributed by atoms with Crippen LogP contribution in [-0.4, -0.2) is 15.7 Å². The number of hydrogen-bond acceptors (Lipinski definition) is 4. The van der Waals surface area contributed by atoms with Crippen LogP contribution in [0.1, 0.15) is 10.4 Å². The van der Waals surface area contributed by atoms with Crippen molar-refractivity contribution in [2.45, 2.75) is 0 Å². The Bertz CT molecular complexity index is 582. The van der Waals surface area contributed by atoms with Crippen molar-refractivity contribution in [1.82, 2.24) is 9.78 Å². The molecule has 0 aliphatic heterocycles. The zero-order chi connectivity index (χ0) is 11.7. The quantitative estimate of drug-likeness (QED) is 0.802. The highest BCUT2D eigenvalue weighted by molar-refractivity contribution is 7.12. The third-order valence-corrected chi connectivity index (χ3v) is 3.11. The summed E-state index contributed by atoms with van der Waals surface area (Å²) in [6.07, 6.45) is 0. The fourth-order valence-corrected chi connectivity index (χ4v) is 2.03. The van der Waals surface area contributed by atoms with Crippen molar-refractivity contribution in [1.29, 1.82) is 5.41 Å². The van der Waals surface area contributed by atoms with Gasteiger partial charge in [0.15, 0.2) is 4.80 Å². The van der Waals surface area contributed by atoms with Crippen molar-refractivity contribution < 1.29 is 4.79 Å². The van der Waals surface area contributed by atoms with Crippen LogP contribution in [0, 0.1) is 5.41 Å². The van der Waals surface area contributed by atoms with Crippen LogP contribution in [0.4, 0.5) is 0 Å². The van der Waals surface area contributed by atoms with E-state index in [2.05, 4.69) is 5.10 Å². The van der Waals surface area contributed by atoms with Crippen LogP contribution in [0.3, 0.4) is 0 Å². The van der Waals surface area contributed by atoms with E-state index in [4.69, 9.17) is 11.1 Å². The lowest BCUT2D eigenvalue weighted by Gasteiger charge is -1.97. The summed E-state index contributed by atoms with van der Waals surface area (Å²) in [5, 5.41) is 12.5. The molecule has 1 heterocycles. The van der Waals surface area contributed by atoms with Gasteiger partial charge in [-0.3, -0.25) is 10.2 Å². The number of primary amides is 1. The number of hydrogen-bond donors (Lipinski definition) is 2. The van der Waals surface area contributed by atoms with Crippen molar-refractivity contribution in [3.63, 3.8) is 0 Å². The molecule has 16 heavy (non-hydrogen) atoms. The fraction of sp³-hybridized carbons (Fsp3) is 0.100. The Morgan fingerprint density at radius 2 is 2.06 bits per heavy atom.